The van der Waals surface area contributed by atoms with Crippen LogP contribution in [-0.2, 0) is 32.5 Å². The number of ether oxygens (including phenoxy) is 1. The molecule has 0 atom stereocenters. The Bertz CT molecular complexity index is 1180. The predicted molar refractivity (Wildman–Crippen MR) is 128 cm³/mol. The lowest BCUT2D eigenvalue weighted by atomic mass is 10.1. The highest BCUT2D eigenvalue weighted by Gasteiger charge is 2.23. The molecule has 0 unspecified atom stereocenters. The molecule has 0 radical (unpaired) electrons. The van der Waals surface area contributed by atoms with E-state index in [4.69, 9.17) is 4.74 Å². The molecule has 3 aromatic rings. The molecule has 0 aliphatic carbocycles. The molecule has 0 N–H and O–H groups in total. The average molecular weight is 489 g/mol. The van der Waals surface area contributed by atoms with Crippen molar-refractivity contribution in [1.82, 2.24) is 19.1 Å². The van der Waals surface area contributed by atoms with Gasteiger partial charge in [-0.1, -0.05) is 68.1 Å². The minimum atomic E-state index is -3.61. The van der Waals surface area contributed by atoms with Gasteiger partial charge in [-0.3, -0.25) is 4.79 Å². The Morgan fingerprint density at radius 1 is 1.06 bits per heavy atom. The van der Waals surface area contributed by atoms with Gasteiger partial charge in [-0.25, -0.2) is 8.42 Å². The minimum Gasteiger partial charge on any atom is -0.468 e. The quantitative estimate of drug-likeness (QED) is 0.301. The number of carbonyl (C=O) groups is 1. The Balaban J connectivity index is 1.98. The molecular weight excluding hydrogens is 460 g/mol. The largest absolute Gasteiger partial charge is 0.468 e. The molecular formula is C23H28N4O4S2. The van der Waals surface area contributed by atoms with Crippen LogP contribution in [-0.4, -0.2) is 59.4 Å². The second-order valence-corrected chi connectivity index (χ2v) is 10.1. The maximum atomic E-state index is 13.0. The number of carbonyl (C=O) groups excluding carboxylic acids is 1. The maximum Gasteiger partial charge on any atom is 0.316 e. The lowest BCUT2D eigenvalue weighted by Crippen LogP contribution is -2.30. The SMILES string of the molecule is CCN(CC)S(=O)(=O)c1cccc(-c2nnc(SCC(=O)OC)n2CCc2ccccc2)c1. The van der Waals surface area contributed by atoms with Crippen LogP contribution >= 0.6 is 11.8 Å². The van der Waals surface area contributed by atoms with Gasteiger partial charge in [0, 0.05) is 25.2 Å². The molecule has 33 heavy (non-hydrogen) atoms. The molecule has 8 nitrogen and oxygen atoms in total. The first kappa shape index (κ1) is 24.9. The Morgan fingerprint density at radius 3 is 2.45 bits per heavy atom. The number of aryl methyl sites for hydroxylation is 1. The van der Waals surface area contributed by atoms with Crippen LogP contribution in [0.15, 0.2) is 64.6 Å². The number of esters is 1. The van der Waals surface area contributed by atoms with E-state index in [1.54, 1.807) is 18.2 Å². The van der Waals surface area contributed by atoms with Crippen molar-refractivity contribution < 1.29 is 17.9 Å². The summed E-state index contributed by atoms with van der Waals surface area (Å²) < 4.78 is 34.1. The molecule has 0 saturated heterocycles. The summed E-state index contributed by atoms with van der Waals surface area (Å²) in [5, 5.41) is 9.19. The summed E-state index contributed by atoms with van der Waals surface area (Å²) in [6, 6.07) is 16.8. The van der Waals surface area contributed by atoms with Crippen molar-refractivity contribution in [2.45, 2.75) is 36.9 Å². The van der Waals surface area contributed by atoms with E-state index >= 15 is 0 Å². The van der Waals surface area contributed by atoms with Crippen molar-refractivity contribution in [3.63, 3.8) is 0 Å². The van der Waals surface area contributed by atoms with Crippen molar-refractivity contribution in [1.29, 1.82) is 0 Å². The van der Waals surface area contributed by atoms with Gasteiger partial charge in [-0.2, -0.15) is 4.31 Å². The van der Waals surface area contributed by atoms with Gasteiger partial charge in [0.25, 0.3) is 0 Å². The normalized spacial score (nSPS) is 11.6. The molecule has 0 amide bonds. The molecule has 1 aromatic heterocycles. The minimum absolute atomic E-state index is 0.107. The van der Waals surface area contributed by atoms with Crippen molar-refractivity contribution in [3.8, 4) is 11.4 Å². The summed E-state index contributed by atoms with van der Waals surface area (Å²) in [4.78, 5) is 11.9. The maximum absolute atomic E-state index is 13.0. The number of methoxy groups -OCH3 is 1. The summed E-state index contributed by atoms with van der Waals surface area (Å²) >= 11 is 1.24. The van der Waals surface area contributed by atoms with Crippen molar-refractivity contribution >= 4 is 27.8 Å². The molecule has 3 rings (SSSR count). The molecule has 0 spiro atoms. The van der Waals surface area contributed by atoms with Crippen LogP contribution in [0.5, 0.6) is 0 Å². The van der Waals surface area contributed by atoms with Gasteiger partial charge in [-0.05, 0) is 24.1 Å². The fraction of sp³-hybridized carbons (Fsp3) is 0.348. The zero-order valence-corrected chi connectivity index (χ0v) is 20.6. The number of hydrogen-bond donors (Lipinski definition) is 0. The first-order valence-corrected chi connectivity index (χ1v) is 13.1. The highest BCUT2D eigenvalue weighted by Crippen LogP contribution is 2.27. The van der Waals surface area contributed by atoms with Crippen LogP contribution in [0.3, 0.4) is 0 Å². The van der Waals surface area contributed by atoms with E-state index in [1.807, 2.05) is 54.8 Å². The zero-order chi connectivity index (χ0) is 23.8. The first-order chi connectivity index (χ1) is 15.9. The van der Waals surface area contributed by atoms with Crippen molar-refractivity contribution in [2.75, 3.05) is 26.0 Å². The highest BCUT2D eigenvalue weighted by molar-refractivity contribution is 7.99. The van der Waals surface area contributed by atoms with Gasteiger partial charge >= 0.3 is 5.97 Å². The molecule has 0 bridgehead atoms. The standard InChI is InChI=1S/C23H28N4O4S2/c1-4-26(5-2)33(29,30)20-13-9-12-19(16-20)22-24-25-23(32-17-21(28)31-3)27(22)15-14-18-10-7-6-8-11-18/h6-13,16H,4-5,14-15,17H2,1-3H3. The summed E-state index contributed by atoms with van der Waals surface area (Å²) in [6.07, 6.45) is 0.731. The summed E-state index contributed by atoms with van der Waals surface area (Å²) in [5.74, 6) is 0.303. The van der Waals surface area contributed by atoms with Gasteiger partial charge < -0.3 is 9.30 Å². The highest BCUT2D eigenvalue weighted by atomic mass is 32.2. The number of aromatic nitrogens is 3. The van der Waals surface area contributed by atoms with E-state index in [0.717, 1.165) is 12.0 Å². The van der Waals surface area contributed by atoms with Gasteiger partial charge in [-0.15, -0.1) is 10.2 Å². The van der Waals surface area contributed by atoms with Gasteiger partial charge in [0.05, 0.1) is 17.8 Å². The number of benzene rings is 2. The van der Waals surface area contributed by atoms with Crippen LogP contribution in [0.4, 0.5) is 0 Å². The van der Waals surface area contributed by atoms with Crippen molar-refractivity contribution in [2.24, 2.45) is 0 Å². The number of hydrogen-bond acceptors (Lipinski definition) is 7. The third-order valence-electron chi connectivity index (χ3n) is 5.17. The number of thioether (sulfide) groups is 1. The Kier molecular flexibility index (Phi) is 8.65. The van der Waals surface area contributed by atoms with Crippen molar-refractivity contribution in [3.05, 3.63) is 60.2 Å². The Hall–Kier alpha value is -2.69. The predicted octanol–water partition coefficient (Wildman–Crippen LogP) is 3.48. The van der Waals surface area contributed by atoms with E-state index in [9.17, 15) is 13.2 Å². The Morgan fingerprint density at radius 2 is 1.79 bits per heavy atom. The smallest absolute Gasteiger partial charge is 0.316 e. The first-order valence-electron chi connectivity index (χ1n) is 10.7. The molecule has 0 aliphatic heterocycles. The molecule has 0 fully saturated rings. The van der Waals surface area contributed by atoms with E-state index in [0.29, 0.717) is 36.2 Å². The molecule has 2 aromatic carbocycles. The van der Waals surface area contributed by atoms with E-state index in [-0.39, 0.29) is 16.6 Å². The second-order valence-electron chi connectivity index (χ2n) is 7.18. The Labute approximate surface area is 199 Å². The summed E-state index contributed by atoms with van der Waals surface area (Å²) in [5.41, 5.74) is 1.80. The third kappa shape index (κ3) is 6.01. The third-order valence-corrected chi connectivity index (χ3v) is 8.15. The van der Waals surface area contributed by atoms with Crippen LogP contribution in [0.25, 0.3) is 11.4 Å². The molecule has 176 valence electrons. The van der Waals surface area contributed by atoms with Crippen LogP contribution < -0.4 is 0 Å². The lowest BCUT2D eigenvalue weighted by molar-refractivity contribution is -0.137. The summed E-state index contributed by atoms with van der Waals surface area (Å²) in [7, 11) is -2.26. The van der Waals surface area contributed by atoms with Gasteiger partial charge in [0.15, 0.2) is 11.0 Å². The van der Waals surface area contributed by atoms with Crippen LogP contribution in [0.1, 0.15) is 19.4 Å². The van der Waals surface area contributed by atoms with Crippen LogP contribution in [0.2, 0.25) is 0 Å². The van der Waals surface area contributed by atoms with E-state index < -0.39 is 10.0 Å². The number of sulfonamides is 1. The monoisotopic (exact) mass is 488 g/mol. The molecule has 1 heterocycles. The fourth-order valence-corrected chi connectivity index (χ4v) is 5.69. The van der Waals surface area contributed by atoms with Gasteiger partial charge in [0.1, 0.15) is 0 Å². The molecule has 0 aliphatic rings. The van der Waals surface area contributed by atoms with Gasteiger partial charge in [0.2, 0.25) is 10.0 Å². The second kappa shape index (κ2) is 11.4. The lowest BCUT2D eigenvalue weighted by Gasteiger charge is -2.19. The topological polar surface area (TPSA) is 94.4 Å². The molecule has 10 heteroatoms. The van der Waals surface area contributed by atoms with Crippen LogP contribution in [0, 0.1) is 0 Å². The number of rotatable bonds is 11. The fourth-order valence-electron chi connectivity index (χ4n) is 3.39. The average Bonchev–Trinajstić information content (AvgIpc) is 3.25. The number of nitrogens with zero attached hydrogens (tertiary/aromatic N) is 4. The zero-order valence-electron chi connectivity index (χ0n) is 19.0. The van der Waals surface area contributed by atoms with E-state index in [2.05, 4.69) is 10.2 Å². The summed E-state index contributed by atoms with van der Waals surface area (Å²) in [6.45, 7) is 4.99. The molecule has 0 saturated carbocycles. The van der Waals surface area contributed by atoms with E-state index in [1.165, 1.54) is 23.2 Å².